The van der Waals surface area contributed by atoms with Crippen LogP contribution in [0.2, 0.25) is 0 Å². The number of aliphatic carboxylic acids is 1. The largest absolute Gasteiger partial charge is 0.480 e. The number of rotatable bonds is 10. The third kappa shape index (κ3) is 4.79. The lowest BCUT2D eigenvalue weighted by Gasteiger charge is -2.26. The fourth-order valence-electron chi connectivity index (χ4n) is 2.71. The summed E-state index contributed by atoms with van der Waals surface area (Å²) in [6.07, 6.45) is -4.78. The van der Waals surface area contributed by atoms with E-state index in [1.165, 1.54) is 0 Å². The summed E-state index contributed by atoms with van der Waals surface area (Å²) in [5.74, 6) is -1.13. The number of carboxylic acids is 1. The first kappa shape index (κ1) is 20.3. The molecule has 0 saturated carbocycles. The zero-order valence-electron chi connectivity index (χ0n) is 14.0. The maximum absolute atomic E-state index is 11.5. The summed E-state index contributed by atoms with van der Waals surface area (Å²) in [5.41, 5.74) is 1.66. The zero-order chi connectivity index (χ0) is 19.3. The number of para-hydroxylation sites is 1. The number of H-pyrrole nitrogens is 1. The lowest BCUT2D eigenvalue weighted by atomic mass is 10.0. The Morgan fingerprint density at radius 3 is 2.38 bits per heavy atom. The Morgan fingerprint density at radius 2 is 1.73 bits per heavy atom. The summed E-state index contributed by atoms with van der Waals surface area (Å²) in [7, 11) is 0. The van der Waals surface area contributed by atoms with Crippen molar-refractivity contribution >= 4 is 16.9 Å². The summed E-state index contributed by atoms with van der Waals surface area (Å²) in [6.45, 7) is -1.10. The molecule has 8 N–H and O–H groups in total. The lowest BCUT2D eigenvalue weighted by Crippen LogP contribution is -2.51. The van der Waals surface area contributed by atoms with Crippen molar-refractivity contribution in [1.82, 2.24) is 10.3 Å². The van der Waals surface area contributed by atoms with Gasteiger partial charge in [0.1, 0.15) is 24.4 Å². The van der Waals surface area contributed by atoms with E-state index in [4.69, 9.17) is 5.11 Å². The molecule has 0 radical (unpaired) electrons. The molecule has 0 aliphatic carbocycles. The van der Waals surface area contributed by atoms with Crippen molar-refractivity contribution in [2.45, 2.75) is 36.9 Å². The van der Waals surface area contributed by atoms with Crippen LogP contribution in [0.3, 0.4) is 0 Å². The van der Waals surface area contributed by atoms with E-state index in [9.17, 15) is 30.3 Å². The number of benzene rings is 1. The van der Waals surface area contributed by atoms with Crippen LogP contribution in [0.15, 0.2) is 30.5 Å². The van der Waals surface area contributed by atoms with Crippen LogP contribution in [0.5, 0.6) is 0 Å². The van der Waals surface area contributed by atoms with E-state index in [0.29, 0.717) is 0 Å². The third-order valence-corrected chi connectivity index (χ3v) is 4.30. The Hall–Kier alpha value is -2.01. The molecule has 144 valence electrons. The minimum absolute atomic E-state index is 0.143. The van der Waals surface area contributed by atoms with Crippen molar-refractivity contribution in [2.24, 2.45) is 0 Å². The molecule has 2 aromatic rings. The van der Waals surface area contributed by atoms with Gasteiger partial charge in [-0.3, -0.25) is 4.79 Å². The maximum Gasteiger partial charge on any atom is 0.321 e. The molecule has 1 aromatic heterocycles. The fraction of sp³-hybridized carbons (Fsp3) is 0.471. The van der Waals surface area contributed by atoms with Crippen molar-refractivity contribution in [2.75, 3.05) is 13.2 Å². The summed E-state index contributed by atoms with van der Waals surface area (Å²) in [6, 6.07) is 6.41. The van der Waals surface area contributed by atoms with Gasteiger partial charge in [-0.2, -0.15) is 0 Å². The quantitative estimate of drug-likeness (QED) is 0.243. The number of aromatic amines is 1. The second-order valence-electron chi connectivity index (χ2n) is 6.16. The van der Waals surface area contributed by atoms with Crippen LogP contribution in [0.4, 0.5) is 0 Å². The highest BCUT2D eigenvalue weighted by Gasteiger charge is 2.31. The number of carboxylic acid groups (broad SMARTS) is 1. The smallest absolute Gasteiger partial charge is 0.321 e. The lowest BCUT2D eigenvalue weighted by molar-refractivity contribution is -0.140. The Kier molecular flexibility index (Phi) is 7.09. The molecule has 26 heavy (non-hydrogen) atoms. The minimum atomic E-state index is -1.76. The summed E-state index contributed by atoms with van der Waals surface area (Å²) < 4.78 is 0. The van der Waals surface area contributed by atoms with Gasteiger partial charge in [-0.05, 0) is 11.6 Å². The third-order valence-electron chi connectivity index (χ3n) is 4.30. The highest BCUT2D eigenvalue weighted by atomic mass is 16.4. The molecule has 5 unspecified atom stereocenters. The molecule has 0 fully saturated rings. The van der Waals surface area contributed by atoms with Crippen molar-refractivity contribution < 1.29 is 35.4 Å². The number of hydrogen-bond donors (Lipinski definition) is 8. The van der Waals surface area contributed by atoms with Gasteiger partial charge in [-0.25, -0.2) is 0 Å². The van der Waals surface area contributed by atoms with Crippen LogP contribution in [0, 0.1) is 0 Å². The molecule has 1 aromatic carbocycles. The van der Waals surface area contributed by atoms with Gasteiger partial charge in [0.2, 0.25) is 0 Å². The number of aliphatic hydroxyl groups is 5. The number of aliphatic hydroxyl groups excluding tert-OH is 5. The number of hydrogen-bond acceptors (Lipinski definition) is 7. The van der Waals surface area contributed by atoms with Gasteiger partial charge in [0.05, 0.1) is 12.7 Å². The summed E-state index contributed by atoms with van der Waals surface area (Å²) in [4.78, 5) is 14.5. The Bertz CT molecular complexity index is 720. The van der Waals surface area contributed by atoms with Gasteiger partial charge in [0, 0.05) is 30.1 Å². The average molecular weight is 368 g/mol. The second kappa shape index (κ2) is 9.08. The SMILES string of the molecule is O=C(O)C(Cc1c[nH]c2ccccc12)NCC(O)C(O)C(O)C(O)CO. The second-order valence-corrected chi connectivity index (χ2v) is 6.16. The maximum atomic E-state index is 11.5. The molecule has 0 bridgehead atoms. The van der Waals surface area contributed by atoms with Crippen molar-refractivity contribution in [3.05, 3.63) is 36.0 Å². The number of fused-ring (bicyclic) bond motifs is 1. The van der Waals surface area contributed by atoms with Crippen LogP contribution in [-0.4, -0.2) is 85.2 Å². The highest BCUT2D eigenvalue weighted by molar-refractivity contribution is 5.84. The molecular formula is C17H24N2O7. The van der Waals surface area contributed by atoms with Crippen molar-refractivity contribution in [3.63, 3.8) is 0 Å². The Labute approximate surface area is 149 Å². The van der Waals surface area contributed by atoms with E-state index in [0.717, 1.165) is 16.5 Å². The van der Waals surface area contributed by atoms with Gasteiger partial charge in [-0.15, -0.1) is 0 Å². The highest BCUT2D eigenvalue weighted by Crippen LogP contribution is 2.19. The van der Waals surface area contributed by atoms with Gasteiger partial charge >= 0.3 is 5.97 Å². The van der Waals surface area contributed by atoms with Crippen LogP contribution >= 0.6 is 0 Å². The standard InChI is InChI=1S/C17H24N2O7/c20-8-14(22)16(24)15(23)13(21)7-19-12(17(25)26)5-9-6-18-11-4-2-1-3-10(9)11/h1-4,6,12-16,18-24H,5,7-8H2,(H,25,26). The molecule has 0 amide bonds. The fourth-order valence-corrected chi connectivity index (χ4v) is 2.71. The molecular weight excluding hydrogens is 344 g/mol. The molecule has 1 heterocycles. The number of nitrogens with one attached hydrogen (secondary N) is 2. The molecule has 0 aliphatic rings. The van der Waals surface area contributed by atoms with Gasteiger partial charge in [-0.1, -0.05) is 18.2 Å². The Morgan fingerprint density at radius 1 is 1.08 bits per heavy atom. The monoisotopic (exact) mass is 368 g/mol. The number of aromatic nitrogens is 1. The van der Waals surface area contributed by atoms with Gasteiger partial charge in [0.25, 0.3) is 0 Å². The molecule has 5 atom stereocenters. The van der Waals surface area contributed by atoms with E-state index in [1.807, 2.05) is 24.3 Å². The van der Waals surface area contributed by atoms with E-state index in [2.05, 4.69) is 10.3 Å². The normalized spacial score (nSPS) is 17.6. The van der Waals surface area contributed by atoms with Crippen molar-refractivity contribution in [1.29, 1.82) is 0 Å². The van der Waals surface area contributed by atoms with Gasteiger partial charge in [0.15, 0.2) is 0 Å². The average Bonchev–Trinajstić information content (AvgIpc) is 3.05. The van der Waals surface area contributed by atoms with Gasteiger partial charge < -0.3 is 40.9 Å². The zero-order valence-corrected chi connectivity index (χ0v) is 14.0. The molecule has 2 rings (SSSR count). The van der Waals surface area contributed by atoms with E-state index in [-0.39, 0.29) is 13.0 Å². The van der Waals surface area contributed by atoms with E-state index in [1.54, 1.807) is 6.20 Å². The van der Waals surface area contributed by atoms with E-state index < -0.39 is 43.0 Å². The Balaban J connectivity index is 1.99. The number of carbonyl (C=O) groups is 1. The van der Waals surface area contributed by atoms with Crippen molar-refractivity contribution in [3.8, 4) is 0 Å². The predicted octanol–water partition coefficient (Wildman–Crippen LogP) is -1.81. The minimum Gasteiger partial charge on any atom is -0.480 e. The predicted molar refractivity (Wildman–Crippen MR) is 92.5 cm³/mol. The first-order chi connectivity index (χ1) is 12.3. The molecule has 0 spiro atoms. The summed E-state index contributed by atoms with van der Waals surface area (Å²) >= 11 is 0. The van der Waals surface area contributed by atoms with Crippen LogP contribution in [-0.2, 0) is 11.2 Å². The summed E-state index contributed by atoms with van der Waals surface area (Å²) in [5, 5.41) is 60.2. The van der Waals surface area contributed by atoms with Crippen LogP contribution in [0.1, 0.15) is 5.56 Å². The molecule has 9 heteroatoms. The molecule has 0 aliphatic heterocycles. The van der Waals surface area contributed by atoms with E-state index >= 15 is 0 Å². The van der Waals surface area contributed by atoms with Crippen LogP contribution < -0.4 is 5.32 Å². The topological polar surface area (TPSA) is 166 Å². The first-order valence-corrected chi connectivity index (χ1v) is 8.19. The molecule has 9 nitrogen and oxygen atoms in total. The molecule has 0 saturated heterocycles. The van der Waals surface area contributed by atoms with Crippen LogP contribution in [0.25, 0.3) is 10.9 Å². The first-order valence-electron chi connectivity index (χ1n) is 8.19.